The second-order valence-electron chi connectivity index (χ2n) is 9.72. The summed E-state index contributed by atoms with van der Waals surface area (Å²) in [6.07, 6.45) is 1.06. The highest BCUT2D eigenvalue weighted by Gasteiger charge is 2.44. The van der Waals surface area contributed by atoms with Crippen LogP contribution in [0.25, 0.3) is 0 Å². The van der Waals surface area contributed by atoms with Crippen molar-refractivity contribution in [3.05, 3.63) is 52.9 Å². The average Bonchev–Trinajstić information content (AvgIpc) is 2.84. The van der Waals surface area contributed by atoms with Crippen LogP contribution in [0.5, 0.6) is 5.75 Å². The third-order valence-electron chi connectivity index (χ3n) is 6.97. The Kier molecular flexibility index (Phi) is 6.80. The molecule has 198 valence electrons. The molecule has 5 rings (SSSR count). The third kappa shape index (κ3) is 5.40. The number of ether oxygens (including phenoxy) is 1. The minimum atomic E-state index is -2.83. The summed E-state index contributed by atoms with van der Waals surface area (Å²) in [7, 11) is 0. The molecule has 3 aliphatic heterocycles. The molecule has 1 aromatic carbocycles. The Morgan fingerprint density at radius 3 is 2.59 bits per heavy atom. The molecule has 0 aliphatic carbocycles. The van der Waals surface area contributed by atoms with Gasteiger partial charge in [0.15, 0.2) is 6.10 Å². The highest BCUT2D eigenvalue weighted by Crippen LogP contribution is 2.35. The molecule has 1 aromatic heterocycles. The molecule has 4 heterocycles. The molecule has 2 N–H and O–H groups in total. The van der Waals surface area contributed by atoms with Crippen molar-refractivity contribution in [3.63, 3.8) is 0 Å². The third-order valence-corrected chi connectivity index (χ3v) is 6.97. The van der Waals surface area contributed by atoms with Crippen molar-refractivity contribution in [1.82, 2.24) is 20.3 Å². The number of likely N-dealkylation sites (tertiary alicyclic amines) is 1. The summed E-state index contributed by atoms with van der Waals surface area (Å²) >= 11 is 0. The largest absolute Gasteiger partial charge is 0.478 e. The summed E-state index contributed by atoms with van der Waals surface area (Å²) < 4.78 is 61.0. The van der Waals surface area contributed by atoms with E-state index in [9.17, 15) is 27.2 Å². The number of benzene rings is 1. The second kappa shape index (κ2) is 9.90. The number of carbonyl (C=O) groups is 2. The highest BCUT2D eigenvalue weighted by atomic mass is 19.3. The van der Waals surface area contributed by atoms with Gasteiger partial charge >= 0.3 is 0 Å². The maximum absolute atomic E-state index is 14.8. The first-order valence-electron chi connectivity index (χ1n) is 12.2. The first-order valence-corrected chi connectivity index (χ1v) is 12.2. The number of hydrogen-bond donors (Lipinski definition) is 2. The summed E-state index contributed by atoms with van der Waals surface area (Å²) in [5.41, 5.74) is 3.37. The number of hydrogen-bond acceptors (Lipinski definition) is 6. The van der Waals surface area contributed by atoms with E-state index in [1.807, 2.05) is 6.92 Å². The zero-order chi connectivity index (χ0) is 26.3. The molecule has 0 radical (unpaired) electrons. The Morgan fingerprint density at radius 2 is 1.95 bits per heavy atom. The Hall–Kier alpha value is -3.25. The van der Waals surface area contributed by atoms with Crippen LogP contribution in [0.4, 0.5) is 23.2 Å². The van der Waals surface area contributed by atoms with Crippen molar-refractivity contribution in [2.45, 2.75) is 50.7 Å². The van der Waals surface area contributed by atoms with E-state index in [1.165, 1.54) is 18.2 Å². The topological polar surface area (TPSA) is 86.8 Å². The van der Waals surface area contributed by atoms with Gasteiger partial charge in [0.25, 0.3) is 17.7 Å². The number of rotatable bonds is 6. The van der Waals surface area contributed by atoms with Gasteiger partial charge in [-0.2, -0.15) is 4.39 Å². The molecule has 1 atom stereocenters. The molecular formula is C25H27F4N5O3. The number of hydrazine groups is 1. The molecule has 2 fully saturated rings. The van der Waals surface area contributed by atoms with Crippen LogP contribution in [0.2, 0.25) is 0 Å². The minimum Gasteiger partial charge on any atom is -0.478 e. The summed E-state index contributed by atoms with van der Waals surface area (Å²) in [6, 6.07) is 5.79. The van der Waals surface area contributed by atoms with Gasteiger partial charge in [-0.15, -0.1) is 0 Å². The van der Waals surface area contributed by atoms with E-state index in [-0.39, 0.29) is 17.5 Å². The number of nitrogens with zero attached hydrogens (tertiary/aromatic N) is 3. The molecule has 2 amide bonds. The van der Waals surface area contributed by atoms with Crippen molar-refractivity contribution < 1.29 is 31.9 Å². The van der Waals surface area contributed by atoms with Crippen molar-refractivity contribution >= 4 is 17.5 Å². The van der Waals surface area contributed by atoms with E-state index >= 15 is 0 Å². The predicted molar refractivity (Wildman–Crippen MR) is 125 cm³/mol. The maximum Gasteiger partial charge on any atom is 0.284 e. The number of pyridine rings is 1. The van der Waals surface area contributed by atoms with E-state index in [2.05, 4.69) is 20.6 Å². The van der Waals surface area contributed by atoms with Gasteiger partial charge in [0.2, 0.25) is 5.95 Å². The lowest BCUT2D eigenvalue weighted by Gasteiger charge is -2.38. The number of aromatic nitrogens is 1. The van der Waals surface area contributed by atoms with E-state index in [4.69, 9.17) is 4.74 Å². The maximum atomic E-state index is 14.8. The normalized spacial score (nSPS) is 22.0. The summed E-state index contributed by atoms with van der Waals surface area (Å²) in [4.78, 5) is 30.1. The SMILES string of the molecule is CCC1Oc2cc(F)c(CN3CCC(c4ccc(C(=O)NN5CC(F)(F)C5)nc4F)CC3)cc2NC1=O. The van der Waals surface area contributed by atoms with Crippen LogP contribution in [-0.2, 0) is 11.3 Å². The first kappa shape index (κ1) is 25.4. The Balaban J connectivity index is 1.17. The standard InChI is InChI=1S/C25H27F4N5O3/c1-2-20-24(36)31-19-9-15(17(26)10-21(19)37-20)11-33-7-5-14(6-8-33)16-3-4-18(30-22(16)27)23(35)32-34-12-25(28,29)13-34/h3-4,9-10,14,20H,2,5-8,11-13H2,1H3,(H,31,36)(H,32,35). The zero-order valence-electron chi connectivity index (χ0n) is 20.2. The van der Waals surface area contributed by atoms with Gasteiger partial charge in [0, 0.05) is 23.7 Å². The van der Waals surface area contributed by atoms with Gasteiger partial charge < -0.3 is 10.1 Å². The Labute approximate surface area is 210 Å². The van der Waals surface area contributed by atoms with Crippen LogP contribution in [0.1, 0.15) is 53.7 Å². The monoisotopic (exact) mass is 521 g/mol. The smallest absolute Gasteiger partial charge is 0.284 e. The highest BCUT2D eigenvalue weighted by molar-refractivity contribution is 5.97. The van der Waals surface area contributed by atoms with E-state index in [1.54, 1.807) is 6.07 Å². The number of anilines is 1. The average molecular weight is 522 g/mol. The van der Waals surface area contributed by atoms with E-state index < -0.39 is 42.8 Å². The molecule has 37 heavy (non-hydrogen) atoms. The van der Waals surface area contributed by atoms with Crippen LogP contribution in [0.15, 0.2) is 24.3 Å². The lowest BCUT2D eigenvalue weighted by molar-refractivity contribution is -0.144. The number of amides is 2. The molecule has 3 aliphatic rings. The van der Waals surface area contributed by atoms with Crippen LogP contribution in [0.3, 0.4) is 0 Å². The lowest BCUT2D eigenvalue weighted by Crippen LogP contribution is -2.62. The van der Waals surface area contributed by atoms with Crippen LogP contribution >= 0.6 is 0 Å². The number of alkyl halides is 2. The van der Waals surface area contributed by atoms with Crippen molar-refractivity contribution in [1.29, 1.82) is 0 Å². The van der Waals surface area contributed by atoms with Crippen molar-refractivity contribution in [3.8, 4) is 5.75 Å². The number of nitrogens with one attached hydrogen (secondary N) is 2. The van der Waals surface area contributed by atoms with Gasteiger partial charge in [0.05, 0.1) is 18.8 Å². The quantitative estimate of drug-likeness (QED) is 0.448. The van der Waals surface area contributed by atoms with Crippen LogP contribution < -0.4 is 15.5 Å². The fraction of sp³-hybridized carbons (Fsp3) is 0.480. The molecule has 0 spiro atoms. The molecule has 12 heteroatoms. The van der Waals surface area contributed by atoms with Gasteiger partial charge in [0.1, 0.15) is 17.3 Å². The molecular weight excluding hydrogens is 494 g/mol. The molecule has 0 bridgehead atoms. The fourth-order valence-electron chi connectivity index (χ4n) is 4.92. The van der Waals surface area contributed by atoms with E-state index in [0.717, 1.165) is 5.01 Å². The minimum absolute atomic E-state index is 0.123. The summed E-state index contributed by atoms with van der Waals surface area (Å²) in [6.45, 7) is 2.15. The van der Waals surface area contributed by atoms with Gasteiger partial charge in [-0.3, -0.25) is 19.9 Å². The van der Waals surface area contributed by atoms with E-state index in [0.29, 0.717) is 61.5 Å². The molecule has 1 unspecified atom stereocenters. The number of piperidine rings is 1. The zero-order valence-corrected chi connectivity index (χ0v) is 20.2. The molecule has 0 saturated carbocycles. The molecule has 2 aromatic rings. The number of halogens is 4. The van der Waals surface area contributed by atoms with Crippen LogP contribution in [-0.4, -0.2) is 64.9 Å². The van der Waals surface area contributed by atoms with Gasteiger partial charge in [-0.05, 0) is 50.4 Å². The Bertz CT molecular complexity index is 1210. The first-order chi connectivity index (χ1) is 17.6. The molecule has 8 nitrogen and oxygen atoms in total. The second-order valence-corrected chi connectivity index (χ2v) is 9.72. The fourth-order valence-corrected chi connectivity index (χ4v) is 4.92. The molecule has 2 saturated heterocycles. The number of fused-ring (bicyclic) bond motifs is 1. The predicted octanol–water partition coefficient (Wildman–Crippen LogP) is 3.44. The number of carbonyl (C=O) groups excluding carboxylic acids is 2. The van der Waals surface area contributed by atoms with Crippen molar-refractivity contribution in [2.75, 3.05) is 31.5 Å². The summed E-state index contributed by atoms with van der Waals surface area (Å²) in [5, 5.41) is 3.83. The van der Waals surface area contributed by atoms with Gasteiger partial charge in [-0.25, -0.2) is 23.2 Å². The van der Waals surface area contributed by atoms with Crippen LogP contribution in [0, 0.1) is 11.8 Å². The Morgan fingerprint density at radius 1 is 1.22 bits per heavy atom. The van der Waals surface area contributed by atoms with Crippen molar-refractivity contribution in [2.24, 2.45) is 0 Å². The summed E-state index contributed by atoms with van der Waals surface area (Å²) in [5.74, 6) is -4.82. The lowest BCUT2D eigenvalue weighted by atomic mass is 9.90. The van der Waals surface area contributed by atoms with Gasteiger partial charge in [-0.1, -0.05) is 13.0 Å².